The highest BCUT2D eigenvalue weighted by molar-refractivity contribution is 7.53. The van der Waals surface area contributed by atoms with Crippen LogP contribution in [0, 0.1) is 0 Å². The molecule has 0 spiro atoms. The molecule has 3 aromatic rings. The van der Waals surface area contributed by atoms with Gasteiger partial charge in [-0.05, 0) is 37.3 Å². The van der Waals surface area contributed by atoms with Crippen molar-refractivity contribution in [3.63, 3.8) is 0 Å². The maximum Gasteiger partial charge on any atom is 0.361 e. The van der Waals surface area contributed by atoms with E-state index in [0.717, 1.165) is 18.2 Å². The van der Waals surface area contributed by atoms with Crippen molar-refractivity contribution in [2.75, 3.05) is 25.1 Å². The number of hydrogen-bond acceptors (Lipinski definition) is 12. The molecule has 3 atom stereocenters. The molecule has 1 aliphatic carbocycles. The monoisotopic (exact) mass is 573 g/mol. The van der Waals surface area contributed by atoms with Crippen molar-refractivity contribution in [2.45, 2.75) is 68.8 Å². The second-order valence-corrected chi connectivity index (χ2v) is 11.6. The SMILES string of the molecule is O=P(O)(O)[C@](CO)(COCc1nn[nH]n1)OC[C@@H]1CC[C@H](n2ncc3c(NC4CCCC4)nc(Cl)nc32)O1. The Hall–Kier alpha value is -2.30. The van der Waals surface area contributed by atoms with E-state index < -0.39 is 38.5 Å². The van der Waals surface area contributed by atoms with Gasteiger partial charge in [0.05, 0.1) is 37.5 Å². The first-order valence-corrected chi connectivity index (χ1v) is 14.2. The Balaban J connectivity index is 1.24. The van der Waals surface area contributed by atoms with Gasteiger partial charge >= 0.3 is 7.60 Å². The van der Waals surface area contributed by atoms with Gasteiger partial charge in [0.2, 0.25) is 10.6 Å². The lowest BCUT2D eigenvalue weighted by atomic mass is 10.2. The predicted octanol–water partition coefficient (Wildman–Crippen LogP) is 1.12. The number of aliphatic hydroxyl groups is 1. The lowest BCUT2D eigenvalue weighted by Crippen LogP contribution is -2.43. The van der Waals surface area contributed by atoms with Crippen molar-refractivity contribution in [1.82, 2.24) is 40.4 Å². The Morgan fingerprint density at radius 2 is 2.08 bits per heavy atom. The molecule has 0 unspecified atom stereocenters. The Bertz CT molecular complexity index is 1270. The van der Waals surface area contributed by atoms with Gasteiger partial charge in [-0.3, -0.25) is 4.57 Å². The largest absolute Gasteiger partial charge is 0.393 e. The molecule has 2 aliphatic rings. The van der Waals surface area contributed by atoms with Gasteiger partial charge < -0.3 is 34.4 Å². The number of nitrogens with one attached hydrogen (secondary N) is 2. The fourth-order valence-electron chi connectivity index (χ4n) is 4.66. The number of fused-ring (bicyclic) bond motifs is 1. The Labute approximate surface area is 221 Å². The minimum atomic E-state index is -4.96. The van der Waals surface area contributed by atoms with E-state index in [0.29, 0.717) is 30.3 Å². The summed E-state index contributed by atoms with van der Waals surface area (Å²) in [6.45, 7) is -1.96. The highest BCUT2D eigenvalue weighted by Gasteiger charge is 2.49. The third-order valence-electron chi connectivity index (χ3n) is 6.74. The smallest absolute Gasteiger partial charge is 0.361 e. The molecule has 1 saturated carbocycles. The van der Waals surface area contributed by atoms with E-state index in [-0.39, 0.29) is 24.3 Å². The van der Waals surface area contributed by atoms with Crippen molar-refractivity contribution < 1.29 is 33.7 Å². The normalized spacial score (nSPS) is 22.3. The summed E-state index contributed by atoms with van der Waals surface area (Å²) >= 11 is 6.22. The summed E-state index contributed by atoms with van der Waals surface area (Å²) in [7, 11) is -4.96. The Morgan fingerprint density at radius 3 is 2.79 bits per heavy atom. The zero-order valence-corrected chi connectivity index (χ0v) is 22.0. The second kappa shape index (κ2) is 11.4. The van der Waals surface area contributed by atoms with Crippen LogP contribution in [0.1, 0.15) is 50.6 Å². The zero-order valence-electron chi connectivity index (χ0n) is 20.3. The molecular formula is C20H29ClN9O7P. The molecule has 3 aromatic heterocycles. The maximum atomic E-state index is 12.3. The second-order valence-electron chi connectivity index (χ2n) is 9.36. The molecule has 5 rings (SSSR count). The molecule has 4 heterocycles. The quantitative estimate of drug-likeness (QED) is 0.152. The van der Waals surface area contributed by atoms with Gasteiger partial charge in [-0.15, -0.1) is 10.2 Å². The van der Waals surface area contributed by atoms with Crippen molar-refractivity contribution in [3.05, 3.63) is 17.3 Å². The van der Waals surface area contributed by atoms with Gasteiger partial charge in [-0.25, -0.2) is 4.68 Å². The number of aromatic nitrogens is 8. The van der Waals surface area contributed by atoms with E-state index in [1.54, 1.807) is 10.9 Å². The third kappa shape index (κ3) is 5.82. The first-order chi connectivity index (χ1) is 18.3. The van der Waals surface area contributed by atoms with E-state index in [2.05, 4.69) is 41.0 Å². The van der Waals surface area contributed by atoms with Crippen LogP contribution in [0.25, 0.3) is 11.0 Å². The molecule has 1 aliphatic heterocycles. The van der Waals surface area contributed by atoms with Crippen molar-refractivity contribution >= 4 is 36.0 Å². The topological polar surface area (TPSA) is 216 Å². The molecule has 0 radical (unpaired) electrons. The number of H-pyrrole nitrogens is 1. The molecular weight excluding hydrogens is 545 g/mol. The average molecular weight is 574 g/mol. The molecule has 5 N–H and O–H groups in total. The fourth-order valence-corrected chi connectivity index (χ4v) is 5.51. The predicted molar refractivity (Wildman–Crippen MR) is 131 cm³/mol. The van der Waals surface area contributed by atoms with Crippen LogP contribution in [0.5, 0.6) is 0 Å². The molecule has 16 nitrogen and oxygen atoms in total. The number of aliphatic hydroxyl groups excluding tert-OH is 1. The summed E-state index contributed by atoms with van der Waals surface area (Å²) in [5, 5.41) is 29.4. The van der Waals surface area contributed by atoms with Crippen LogP contribution in [0.3, 0.4) is 0 Å². The van der Waals surface area contributed by atoms with E-state index in [4.69, 9.17) is 25.8 Å². The van der Waals surface area contributed by atoms with Gasteiger partial charge in [-0.2, -0.15) is 20.3 Å². The summed E-state index contributed by atoms with van der Waals surface area (Å²) < 4.78 is 30.9. The number of tetrazole rings is 1. The molecule has 1 saturated heterocycles. The molecule has 0 aromatic carbocycles. The molecule has 0 amide bonds. The van der Waals surface area contributed by atoms with E-state index in [1.165, 1.54) is 12.8 Å². The first-order valence-electron chi connectivity index (χ1n) is 12.2. The number of hydrogen-bond donors (Lipinski definition) is 5. The number of anilines is 1. The van der Waals surface area contributed by atoms with E-state index in [1.807, 2.05) is 0 Å². The van der Waals surface area contributed by atoms with E-state index >= 15 is 0 Å². The van der Waals surface area contributed by atoms with Gasteiger partial charge in [-0.1, -0.05) is 18.1 Å². The van der Waals surface area contributed by atoms with Crippen molar-refractivity contribution in [3.8, 4) is 0 Å². The molecule has 208 valence electrons. The minimum absolute atomic E-state index is 0.0906. The average Bonchev–Trinajstić information content (AvgIpc) is 3.68. The van der Waals surface area contributed by atoms with Gasteiger partial charge in [0.15, 0.2) is 17.7 Å². The van der Waals surface area contributed by atoms with Crippen LogP contribution in [0.15, 0.2) is 6.20 Å². The minimum Gasteiger partial charge on any atom is -0.393 e. The van der Waals surface area contributed by atoms with Crippen LogP contribution in [0.4, 0.5) is 5.82 Å². The standard InChI is InChI=1S/C20H29ClN9O7P/c21-19-24-17(23-12-3-1-2-4-12)14-7-22-30(18(14)25-19)16-6-5-13(37-16)8-36-20(10-31,38(32,33)34)11-35-9-15-26-28-29-27-15/h7,12-13,16,31H,1-6,8-11H2,(H,23,24,25)(H2,32,33,34)(H,26,27,28,29)/t13-,16+,20+/m0/s1. The summed E-state index contributed by atoms with van der Waals surface area (Å²) in [4.78, 5) is 28.6. The number of rotatable bonds is 12. The van der Waals surface area contributed by atoms with Crippen molar-refractivity contribution in [1.29, 1.82) is 0 Å². The number of ether oxygens (including phenoxy) is 3. The van der Waals surface area contributed by atoms with Crippen LogP contribution in [-0.2, 0) is 25.4 Å². The maximum absolute atomic E-state index is 12.3. The highest BCUT2D eigenvalue weighted by atomic mass is 35.5. The van der Waals surface area contributed by atoms with Gasteiger partial charge in [0, 0.05) is 6.04 Å². The van der Waals surface area contributed by atoms with Crippen LogP contribution in [-0.4, -0.2) is 92.6 Å². The van der Waals surface area contributed by atoms with Crippen LogP contribution < -0.4 is 5.32 Å². The van der Waals surface area contributed by atoms with E-state index in [9.17, 15) is 19.5 Å². The molecule has 18 heteroatoms. The van der Waals surface area contributed by atoms with Crippen molar-refractivity contribution in [2.24, 2.45) is 0 Å². The molecule has 2 fully saturated rings. The summed E-state index contributed by atoms with van der Waals surface area (Å²) in [6.07, 6.45) is 6.18. The van der Waals surface area contributed by atoms with Crippen LogP contribution >= 0.6 is 19.2 Å². The first kappa shape index (κ1) is 27.3. The number of nitrogens with zero attached hydrogens (tertiary/aromatic N) is 7. The lowest BCUT2D eigenvalue weighted by molar-refractivity contribution is -0.121. The fraction of sp³-hybridized carbons (Fsp3) is 0.700. The highest BCUT2D eigenvalue weighted by Crippen LogP contribution is 2.51. The Morgan fingerprint density at radius 1 is 1.26 bits per heavy atom. The molecule has 38 heavy (non-hydrogen) atoms. The van der Waals surface area contributed by atoms with Gasteiger partial charge in [0.25, 0.3) is 0 Å². The number of aromatic amines is 1. The summed E-state index contributed by atoms with van der Waals surface area (Å²) in [5.41, 5.74) is 0.520. The lowest BCUT2D eigenvalue weighted by Gasteiger charge is -2.32. The van der Waals surface area contributed by atoms with Gasteiger partial charge in [0.1, 0.15) is 12.4 Å². The third-order valence-corrected chi connectivity index (χ3v) is 8.37. The molecule has 0 bridgehead atoms. The van der Waals surface area contributed by atoms with Crippen LogP contribution in [0.2, 0.25) is 5.28 Å². The Kier molecular flexibility index (Phi) is 8.21. The zero-order chi connectivity index (χ0) is 26.8. The summed E-state index contributed by atoms with van der Waals surface area (Å²) in [5.74, 6) is 0.813. The number of halogens is 1. The summed E-state index contributed by atoms with van der Waals surface area (Å²) in [6, 6.07) is 0.328.